The second kappa shape index (κ2) is 10.1. The van der Waals surface area contributed by atoms with E-state index in [-0.39, 0.29) is 16.7 Å². The van der Waals surface area contributed by atoms with Gasteiger partial charge in [-0.2, -0.15) is 0 Å². The van der Waals surface area contributed by atoms with Crippen molar-refractivity contribution in [2.24, 2.45) is 0 Å². The lowest BCUT2D eigenvalue weighted by Gasteiger charge is -2.24. The van der Waals surface area contributed by atoms with Gasteiger partial charge in [-0.3, -0.25) is 14.3 Å². The monoisotopic (exact) mass is 459 g/mol. The summed E-state index contributed by atoms with van der Waals surface area (Å²) in [5.41, 5.74) is 2.40. The minimum absolute atomic E-state index is 0.189. The molecule has 2 aromatic carbocycles. The fourth-order valence-corrected chi connectivity index (χ4v) is 5.12. The molecule has 2 aromatic rings. The summed E-state index contributed by atoms with van der Waals surface area (Å²) < 4.78 is 33.0. The van der Waals surface area contributed by atoms with Gasteiger partial charge in [-0.15, -0.1) is 0 Å². The smallest absolute Gasteiger partial charge is 0.262 e. The highest BCUT2D eigenvalue weighted by molar-refractivity contribution is 7.92. The van der Waals surface area contributed by atoms with Crippen LogP contribution in [-0.2, 0) is 19.6 Å². The van der Waals surface area contributed by atoms with E-state index in [0.29, 0.717) is 42.9 Å². The number of carbonyl (C=O) groups excluding carboxylic acids is 2. The van der Waals surface area contributed by atoms with Crippen LogP contribution >= 0.6 is 0 Å². The number of benzene rings is 2. The standard InChI is InChI=1S/C23H29N3O5S/c1-16-6-11-21(17(2)15-16)32(29,30)25-19-9-7-18(8-10-19)23(28)26-13-4-5-20(26)22(27)24-12-14-31-3/h6-11,15,20,25H,4-5,12-14H2,1-3H3,(H,24,27)/t20-/m1/s1. The number of rotatable bonds is 8. The average Bonchev–Trinajstić information content (AvgIpc) is 3.23. The van der Waals surface area contributed by atoms with Crippen molar-refractivity contribution in [3.63, 3.8) is 0 Å². The van der Waals surface area contributed by atoms with Gasteiger partial charge in [-0.1, -0.05) is 17.7 Å². The maximum absolute atomic E-state index is 13.0. The molecule has 0 bridgehead atoms. The molecule has 32 heavy (non-hydrogen) atoms. The van der Waals surface area contributed by atoms with E-state index in [2.05, 4.69) is 10.0 Å². The molecule has 172 valence electrons. The molecule has 2 amide bonds. The first-order valence-corrected chi connectivity index (χ1v) is 12.0. The Morgan fingerprint density at radius 3 is 2.50 bits per heavy atom. The molecule has 2 N–H and O–H groups in total. The number of methoxy groups -OCH3 is 1. The molecule has 0 saturated carbocycles. The Labute approximate surface area is 189 Å². The third kappa shape index (κ3) is 5.46. The number of hydrogen-bond acceptors (Lipinski definition) is 5. The van der Waals surface area contributed by atoms with Crippen molar-refractivity contribution >= 4 is 27.5 Å². The van der Waals surface area contributed by atoms with Gasteiger partial charge in [0.1, 0.15) is 6.04 Å². The fraction of sp³-hybridized carbons (Fsp3) is 0.391. The molecule has 1 aliphatic heterocycles. The molecule has 0 aromatic heterocycles. The SMILES string of the molecule is COCCNC(=O)[C@H]1CCCN1C(=O)c1ccc(NS(=O)(=O)c2ccc(C)cc2C)cc1. The number of nitrogens with zero attached hydrogens (tertiary/aromatic N) is 1. The predicted octanol–water partition coefficient (Wildman–Crippen LogP) is 2.47. The number of ether oxygens (including phenoxy) is 1. The zero-order valence-corrected chi connectivity index (χ0v) is 19.4. The number of carbonyl (C=O) groups is 2. The van der Waals surface area contributed by atoms with Gasteiger partial charge in [-0.05, 0) is 62.6 Å². The summed E-state index contributed by atoms with van der Waals surface area (Å²) in [5, 5.41) is 2.79. The minimum atomic E-state index is -3.75. The highest BCUT2D eigenvalue weighted by Crippen LogP contribution is 2.23. The van der Waals surface area contributed by atoms with E-state index >= 15 is 0 Å². The third-order valence-electron chi connectivity index (χ3n) is 5.43. The summed E-state index contributed by atoms with van der Waals surface area (Å²) in [4.78, 5) is 27.2. The predicted molar refractivity (Wildman–Crippen MR) is 122 cm³/mol. The van der Waals surface area contributed by atoms with Gasteiger partial charge in [0, 0.05) is 31.5 Å². The van der Waals surface area contributed by atoms with Gasteiger partial charge >= 0.3 is 0 Å². The molecule has 3 rings (SSSR count). The van der Waals surface area contributed by atoms with E-state index in [1.165, 1.54) is 0 Å². The van der Waals surface area contributed by atoms with Crippen LogP contribution in [0.15, 0.2) is 47.4 Å². The maximum Gasteiger partial charge on any atom is 0.262 e. The van der Waals surface area contributed by atoms with Crippen molar-refractivity contribution in [2.45, 2.75) is 37.6 Å². The van der Waals surface area contributed by atoms with Gasteiger partial charge in [0.2, 0.25) is 5.91 Å². The lowest BCUT2D eigenvalue weighted by atomic mass is 10.1. The fourth-order valence-electron chi connectivity index (χ4n) is 3.83. The van der Waals surface area contributed by atoms with E-state index in [0.717, 1.165) is 12.0 Å². The average molecular weight is 460 g/mol. The van der Waals surface area contributed by atoms with Crippen LogP contribution in [0.2, 0.25) is 0 Å². The Morgan fingerprint density at radius 2 is 1.84 bits per heavy atom. The van der Waals surface area contributed by atoms with Crippen LogP contribution in [0.1, 0.15) is 34.3 Å². The lowest BCUT2D eigenvalue weighted by molar-refractivity contribution is -0.125. The molecule has 1 aliphatic rings. The van der Waals surface area contributed by atoms with Crippen molar-refractivity contribution in [2.75, 3.05) is 31.5 Å². The highest BCUT2D eigenvalue weighted by atomic mass is 32.2. The van der Waals surface area contributed by atoms with E-state index in [4.69, 9.17) is 4.74 Å². The number of hydrogen-bond donors (Lipinski definition) is 2. The van der Waals surface area contributed by atoms with Crippen LogP contribution in [-0.4, -0.2) is 58.0 Å². The highest BCUT2D eigenvalue weighted by Gasteiger charge is 2.34. The molecule has 0 radical (unpaired) electrons. The number of anilines is 1. The summed E-state index contributed by atoms with van der Waals surface area (Å²) in [7, 11) is -2.19. The summed E-state index contributed by atoms with van der Waals surface area (Å²) in [5.74, 6) is -0.441. The first-order chi connectivity index (χ1) is 15.2. The van der Waals surface area contributed by atoms with Gasteiger partial charge in [-0.25, -0.2) is 8.42 Å². The summed E-state index contributed by atoms with van der Waals surface area (Å²) in [6, 6.07) is 10.9. The molecule has 1 fully saturated rings. The van der Waals surface area contributed by atoms with Crippen LogP contribution in [0.25, 0.3) is 0 Å². The van der Waals surface area contributed by atoms with Gasteiger partial charge in [0.15, 0.2) is 0 Å². The first-order valence-electron chi connectivity index (χ1n) is 10.5. The second-order valence-corrected chi connectivity index (χ2v) is 9.54. The Bertz CT molecular complexity index is 1080. The number of nitrogens with one attached hydrogen (secondary N) is 2. The minimum Gasteiger partial charge on any atom is -0.383 e. The summed E-state index contributed by atoms with van der Waals surface area (Å²) in [6.07, 6.45) is 1.36. The third-order valence-corrected chi connectivity index (χ3v) is 6.97. The Hall–Kier alpha value is -2.91. The molecular formula is C23H29N3O5S. The van der Waals surface area contributed by atoms with E-state index < -0.39 is 16.1 Å². The molecule has 1 heterocycles. The van der Waals surface area contributed by atoms with Crippen molar-refractivity contribution < 1.29 is 22.7 Å². The van der Waals surface area contributed by atoms with Gasteiger partial charge in [0.25, 0.3) is 15.9 Å². The number of amides is 2. The van der Waals surface area contributed by atoms with E-state index in [1.807, 2.05) is 13.0 Å². The number of likely N-dealkylation sites (tertiary alicyclic amines) is 1. The molecule has 9 heteroatoms. The summed E-state index contributed by atoms with van der Waals surface area (Å²) >= 11 is 0. The molecule has 0 aliphatic carbocycles. The molecule has 1 atom stereocenters. The van der Waals surface area contributed by atoms with Crippen molar-refractivity contribution in [3.8, 4) is 0 Å². The van der Waals surface area contributed by atoms with Crippen LogP contribution in [0.5, 0.6) is 0 Å². The van der Waals surface area contributed by atoms with Crippen LogP contribution < -0.4 is 10.0 Å². The second-order valence-electron chi connectivity index (χ2n) is 7.89. The zero-order valence-electron chi connectivity index (χ0n) is 18.6. The zero-order chi connectivity index (χ0) is 23.3. The van der Waals surface area contributed by atoms with E-state index in [9.17, 15) is 18.0 Å². The molecule has 1 saturated heterocycles. The molecule has 0 spiro atoms. The summed E-state index contributed by atoms with van der Waals surface area (Å²) in [6.45, 7) is 4.96. The Kier molecular flexibility index (Phi) is 7.52. The van der Waals surface area contributed by atoms with Crippen LogP contribution in [0, 0.1) is 13.8 Å². The molecular weight excluding hydrogens is 430 g/mol. The van der Waals surface area contributed by atoms with Crippen LogP contribution in [0.3, 0.4) is 0 Å². The van der Waals surface area contributed by atoms with E-state index in [1.54, 1.807) is 55.3 Å². The molecule has 0 unspecified atom stereocenters. The number of aryl methyl sites for hydroxylation is 2. The number of sulfonamides is 1. The normalized spacial score (nSPS) is 16.1. The van der Waals surface area contributed by atoms with Crippen LogP contribution in [0.4, 0.5) is 5.69 Å². The largest absolute Gasteiger partial charge is 0.383 e. The first kappa shape index (κ1) is 23.7. The Morgan fingerprint density at radius 1 is 1.12 bits per heavy atom. The molecule has 8 nitrogen and oxygen atoms in total. The van der Waals surface area contributed by atoms with Crippen molar-refractivity contribution in [1.82, 2.24) is 10.2 Å². The van der Waals surface area contributed by atoms with Crippen molar-refractivity contribution in [1.29, 1.82) is 0 Å². The van der Waals surface area contributed by atoms with Crippen molar-refractivity contribution in [3.05, 3.63) is 59.2 Å². The quantitative estimate of drug-likeness (QED) is 0.590. The van der Waals surface area contributed by atoms with Gasteiger partial charge < -0.3 is 15.0 Å². The van der Waals surface area contributed by atoms with Gasteiger partial charge in [0.05, 0.1) is 11.5 Å². The topological polar surface area (TPSA) is 105 Å². The lowest BCUT2D eigenvalue weighted by Crippen LogP contribution is -2.46. The Balaban J connectivity index is 1.69. The maximum atomic E-state index is 13.0.